The summed E-state index contributed by atoms with van der Waals surface area (Å²) < 4.78 is 44.0. The molecule has 0 atom stereocenters. The van der Waals surface area contributed by atoms with Crippen LogP contribution in [0.1, 0.15) is 26.4 Å². The number of carbonyl (C=O) groups excluding carboxylic acids is 2. The van der Waals surface area contributed by atoms with Crippen LogP contribution < -0.4 is 4.74 Å². The zero-order chi connectivity index (χ0) is 24.9. The highest BCUT2D eigenvalue weighted by atomic mass is 19.1. The molecule has 9 heteroatoms. The van der Waals surface area contributed by atoms with Crippen LogP contribution in [0.15, 0.2) is 72.8 Å². The molecule has 178 valence electrons. The first-order chi connectivity index (χ1) is 16.9. The predicted molar refractivity (Wildman–Crippen MR) is 122 cm³/mol. The van der Waals surface area contributed by atoms with E-state index in [0.29, 0.717) is 17.0 Å². The Balaban J connectivity index is 1.78. The lowest BCUT2D eigenvalue weighted by molar-refractivity contribution is 0.0549. The molecule has 0 fully saturated rings. The molecule has 0 aliphatic carbocycles. The summed E-state index contributed by atoms with van der Waals surface area (Å²) in [7, 11) is 2.40. The van der Waals surface area contributed by atoms with Gasteiger partial charge in [0.2, 0.25) is 0 Å². The van der Waals surface area contributed by atoms with Crippen LogP contribution in [0, 0.1) is 11.6 Å². The summed E-state index contributed by atoms with van der Waals surface area (Å²) in [5.74, 6) is -2.61. The second kappa shape index (κ2) is 10.2. The maximum absolute atomic E-state index is 14.0. The van der Waals surface area contributed by atoms with E-state index in [2.05, 4.69) is 5.10 Å². The van der Waals surface area contributed by atoms with Crippen LogP contribution in [-0.4, -0.2) is 35.9 Å². The predicted octanol–water partition coefficient (Wildman–Crippen LogP) is 4.97. The van der Waals surface area contributed by atoms with Crippen molar-refractivity contribution < 1.29 is 32.6 Å². The van der Waals surface area contributed by atoms with Crippen LogP contribution >= 0.6 is 0 Å². The van der Waals surface area contributed by atoms with Crippen LogP contribution in [0.4, 0.5) is 8.78 Å². The number of halogens is 2. The van der Waals surface area contributed by atoms with Crippen LogP contribution in [0.5, 0.6) is 5.75 Å². The molecule has 0 unspecified atom stereocenters. The zero-order valence-electron chi connectivity index (χ0n) is 18.8. The van der Waals surface area contributed by atoms with Crippen LogP contribution in [0.3, 0.4) is 0 Å². The van der Waals surface area contributed by atoms with E-state index in [4.69, 9.17) is 14.2 Å². The standard InChI is InChI=1S/C26H20F2N2O5/c1-33-25(31)22-23(29-30(24(22)26(32)34-2)19-8-4-3-5-9-19)16-7-6-10-20(13-16)35-15-17-11-12-18(27)14-21(17)28/h3-14H,15H2,1-2H3. The molecule has 0 saturated heterocycles. The molecule has 1 heterocycles. The van der Waals surface area contributed by atoms with E-state index >= 15 is 0 Å². The molecule has 0 N–H and O–H groups in total. The monoisotopic (exact) mass is 478 g/mol. The molecule has 4 aromatic rings. The fourth-order valence-corrected chi connectivity index (χ4v) is 3.49. The molecule has 0 saturated carbocycles. The number of ether oxygens (including phenoxy) is 3. The number of rotatable bonds is 7. The van der Waals surface area contributed by atoms with E-state index in [1.54, 1.807) is 54.6 Å². The summed E-state index contributed by atoms with van der Waals surface area (Å²) in [6, 6.07) is 18.6. The van der Waals surface area contributed by atoms with E-state index in [9.17, 15) is 18.4 Å². The van der Waals surface area contributed by atoms with Gasteiger partial charge in [0.15, 0.2) is 5.69 Å². The Morgan fingerprint density at radius 2 is 1.63 bits per heavy atom. The quantitative estimate of drug-likeness (QED) is 0.349. The molecule has 0 aliphatic rings. The maximum Gasteiger partial charge on any atom is 0.357 e. The van der Waals surface area contributed by atoms with Gasteiger partial charge in [0.25, 0.3) is 0 Å². The lowest BCUT2D eigenvalue weighted by Crippen LogP contribution is -2.15. The highest BCUT2D eigenvalue weighted by Gasteiger charge is 2.31. The molecular formula is C26H20F2N2O5. The fourth-order valence-electron chi connectivity index (χ4n) is 3.49. The largest absolute Gasteiger partial charge is 0.489 e. The first-order valence-corrected chi connectivity index (χ1v) is 10.4. The van der Waals surface area contributed by atoms with Gasteiger partial charge < -0.3 is 14.2 Å². The Morgan fingerprint density at radius 3 is 2.31 bits per heavy atom. The molecule has 4 rings (SSSR count). The van der Waals surface area contributed by atoms with Gasteiger partial charge in [0.1, 0.15) is 35.2 Å². The minimum Gasteiger partial charge on any atom is -0.489 e. The summed E-state index contributed by atoms with van der Waals surface area (Å²) >= 11 is 0. The topological polar surface area (TPSA) is 79.7 Å². The van der Waals surface area contributed by atoms with Gasteiger partial charge in [0, 0.05) is 17.2 Å². The number of aromatic nitrogens is 2. The first kappa shape index (κ1) is 23.6. The highest BCUT2D eigenvalue weighted by molar-refractivity contribution is 6.06. The molecule has 0 radical (unpaired) electrons. The van der Waals surface area contributed by atoms with Crippen LogP contribution in [-0.2, 0) is 16.1 Å². The Morgan fingerprint density at radius 1 is 0.886 bits per heavy atom. The number of nitrogens with zero attached hydrogens (tertiary/aromatic N) is 2. The van der Waals surface area contributed by atoms with Gasteiger partial charge in [-0.15, -0.1) is 0 Å². The van der Waals surface area contributed by atoms with Gasteiger partial charge >= 0.3 is 11.9 Å². The van der Waals surface area contributed by atoms with E-state index in [1.807, 2.05) is 0 Å². The Bertz CT molecular complexity index is 1390. The fraction of sp³-hybridized carbons (Fsp3) is 0.115. The third kappa shape index (κ3) is 4.89. The summed E-state index contributed by atoms with van der Waals surface area (Å²) in [4.78, 5) is 25.5. The summed E-state index contributed by atoms with van der Waals surface area (Å²) in [5.41, 5.74) is 1.14. The van der Waals surface area contributed by atoms with Gasteiger partial charge in [-0.05, 0) is 36.4 Å². The third-order valence-corrected chi connectivity index (χ3v) is 5.17. The van der Waals surface area contributed by atoms with Gasteiger partial charge in [-0.25, -0.2) is 23.1 Å². The normalized spacial score (nSPS) is 10.6. The average Bonchev–Trinajstić information content (AvgIpc) is 3.29. The molecule has 1 aromatic heterocycles. The SMILES string of the molecule is COC(=O)c1c(-c2cccc(OCc3ccc(F)cc3F)c2)nn(-c2ccccc2)c1C(=O)OC. The molecule has 0 aliphatic heterocycles. The lowest BCUT2D eigenvalue weighted by Gasteiger charge is -2.09. The van der Waals surface area contributed by atoms with Gasteiger partial charge in [0.05, 0.1) is 19.9 Å². The maximum atomic E-state index is 14.0. The Kier molecular flexibility index (Phi) is 6.86. The second-order valence-electron chi connectivity index (χ2n) is 7.35. The van der Waals surface area contributed by atoms with Crippen LogP contribution in [0.2, 0.25) is 0 Å². The summed E-state index contributed by atoms with van der Waals surface area (Å²) in [6.45, 7) is -0.148. The van der Waals surface area contributed by atoms with Crippen molar-refractivity contribution in [1.29, 1.82) is 0 Å². The third-order valence-electron chi connectivity index (χ3n) is 5.17. The van der Waals surface area contributed by atoms with Crippen molar-refractivity contribution in [1.82, 2.24) is 9.78 Å². The van der Waals surface area contributed by atoms with Crippen molar-refractivity contribution in [3.05, 3.63) is 101 Å². The second-order valence-corrected chi connectivity index (χ2v) is 7.35. The molecule has 0 spiro atoms. The van der Waals surface area contributed by atoms with Crippen molar-refractivity contribution in [2.75, 3.05) is 14.2 Å². The molecular weight excluding hydrogens is 458 g/mol. The van der Waals surface area contributed by atoms with Crippen LogP contribution in [0.25, 0.3) is 16.9 Å². The number of para-hydroxylation sites is 1. The molecule has 0 amide bonds. The van der Waals surface area contributed by atoms with Gasteiger partial charge in [-0.2, -0.15) is 5.10 Å². The number of hydrogen-bond donors (Lipinski definition) is 0. The molecule has 0 bridgehead atoms. The Labute approximate surface area is 199 Å². The van der Waals surface area contributed by atoms with E-state index in [1.165, 1.54) is 25.0 Å². The van der Waals surface area contributed by atoms with Gasteiger partial charge in [-0.1, -0.05) is 30.3 Å². The summed E-state index contributed by atoms with van der Waals surface area (Å²) in [5, 5.41) is 4.53. The zero-order valence-corrected chi connectivity index (χ0v) is 18.8. The van der Waals surface area contributed by atoms with Crippen molar-refractivity contribution in [2.45, 2.75) is 6.61 Å². The van der Waals surface area contributed by atoms with Gasteiger partial charge in [-0.3, -0.25) is 0 Å². The minimum atomic E-state index is -0.776. The highest BCUT2D eigenvalue weighted by Crippen LogP contribution is 2.31. The Hall–Kier alpha value is -4.53. The van der Waals surface area contributed by atoms with E-state index in [-0.39, 0.29) is 29.1 Å². The summed E-state index contributed by atoms with van der Waals surface area (Å²) in [6.07, 6.45) is 0. The number of carbonyl (C=O) groups is 2. The minimum absolute atomic E-state index is 0.0788. The van der Waals surface area contributed by atoms with Crippen molar-refractivity contribution in [2.24, 2.45) is 0 Å². The van der Waals surface area contributed by atoms with E-state index in [0.717, 1.165) is 12.1 Å². The molecule has 3 aromatic carbocycles. The van der Waals surface area contributed by atoms with Crippen molar-refractivity contribution in [3.63, 3.8) is 0 Å². The number of benzene rings is 3. The van der Waals surface area contributed by atoms with Crippen molar-refractivity contribution in [3.8, 4) is 22.7 Å². The lowest BCUT2D eigenvalue weighted by atomic mass is 10.1. The smallest absolute Gasteiger partial charge is 0.357 e. The number of esters is 2. The number of hydrogen-bond acceptors (Lipinski definition) is 6. The van der Waals surface area contributed by atoms with Crippen molar-refractivity contribution >= 4 is 11.9 Å². The first-order valence-electron chi connectivity index (χ1n) is 10.4. The average molecular weight is 478 g/mol. The van der Waals surface area contributed by atoms with E-state index < -0.39 is 23.6 Å². The molecule has 35 heavy (non-hydrogen) atoms. The number of methoxy groups -OCH3 is 2. The molecule has 7 nitrogen and oxygen atoms in total.